The van der Waals surface area contributed by atoms with E-state index in [-0.39, 0.29) is 24.5 Å². The van der Waals surface area contributed by atoms with Crippen LogP contribution in [0.5, 0.6) is 0 Å². The molecule has 1 heterocycles. The number of carbonyl (C=O) groups is 3. The van der Waals surface area contributed by atoms with Crippen LogP contribution in [0.3, 0.4) is 0 Å². The number of nitrogens with zero attached hydrogens (tertiary/aromatic N) is 1. The molecule has 0 aromatic heterocycles. The maximum atomic E-state index is 13.8. The van der Waals surface area contributed by atoms with E-state index in [0.717, 1.165) is 10.8 Å². The fraction of sp³-hybridized carbons (Fsp3) is 0.222. The fourth-order valence-corrected chi connectivity index (χ4v) is 4.22. The van der Waals surface area contributed by atoms with Crippen molar-refractivity contribution in [3.05, 3.63) is 99.6 Å². The van der Waals surface area contributed by atoms with Crippen LogP contribution < -0.4 is 5.32 Å². The molecule has 1 N–H and O–H groups in total. The van der Waals surface area contributed by atoms with Gasteiger partial charge in [0, 0.05) is 23.3 Å². The summed E-state index contributed by atoms with van der Waals surface area (Å²) in [7, 11) is 0. The lowest BCUT2D eigenvalue weighted by molar-refractivity contribution is -0.384. The summed E-state index contributed by atoms with van der Waals surface area (Å²) in [5.74, 6) is -2.22. The molecule has 9 heteroatoms. The molecule has 1 aliphatic rings. The molecule has 0 saturated carbocycles. The summed E-state index contributed by atoms with van der Waals surface area (Å²) < 4.78 is 10.4. The molecule has 0 aliphatic carbocycles. The van der Waals surface area contributed by atoms with Crippen molar-refractivity contribution in [3.63, 3.8) is 0 Å². The molecule has 1 atom stereocenters. The van der Waals surface area contributed by atoms with Crippen molar-refractivity contribution >= 4 is 34.2 Å². The van der Waals surface area contributed by atoms with Crippen molar-refractivity contribution in [1.82, 2.24) is 5.32 Å². The second-order valence-electron chi connectivity index (χ2n) is 8.17. The molecule has 0 bridgehead atoms. The summed E-state index contributed by atoms with van der Waals surface area (Å²) in [4.78, 5) is 50.5. The Kier molecular flexibility index (Phi) is 6.93. The first-order valence-corrected chi connectivity index (χ1v) is 11.4. The Morgan fingerprint density at radius 3 is 2.11 bits per heavy atom. The molecule has 0 saturated heterocycles. The van der Waals surface area contributed by atoms with E-state index < -0.39 is 34.2 Å². The number of nitro groups is 1. The molecular formula is C27H24N2O7. The van der Waals surface area contributed by atoms with Crippen LogP contribution >= 0.6 is 0 Å². The molecular weight excluding hydrogens is 464 g/mol. The van der Waals surface area contributed by atoms with Gasteiger partial charge >= 0.3 is 11.9 Å². The Hall–Kier alpha value is -4.37. The van der Waals surface area contributed by atoms with Gasteiger partial charge in [0.15, 0.2) is 5.78 Å². The summed E-state index contributed by atoms with van der Waals surface area (Å²) >= 11 is 0. The van der Waals surface area contributed by atoms with E-state index in [4.69, 9.17) is 9.47 Å². The summed E-state index contributed by atoms with van der Waals surface area (Å²) in [6.07, 6.45) is 1.26. The molecule has 0 spiro atoms. The number of Topliss-reactive ketones (excluding diaryl/α,β-unsaturated/α-hetero) is 1. The Labute approximate surface area is 206 Å². The van der Waals surface area contributed by atoms with Gasteiger partial charge in [-0.15, -0.1) is 0 Å². The molecule has 0 amide bonds. The highest BCUT2D eigenvalue weighted by atomic mass is 16.6. The Morgan fingerprint density at radius 2 is 1.53 bits per heavy atom. The highest BCUT2D eigenvalue weighted by Gasteiger charge is 2.54. The van der Waals surface area contributed by atoms with Crippen LogP contribution in [0.25, 0.3) is 10.8 Å². The Balaban J connectivity index is 1.85. The quantitative estimate of drug-likeness (QED) is 0.165. The minimum atomic E-state index is -2.06. The van der Waals surface area contributed by atoms with E-state index in [0.29, 0.717) is 11.1 Å². The second-order valence-corrected chi connectivity index (χ2v) is 8.17. The van der Waals surface area contributed by atoms with E-state index in [1.54, 1.807) is 26.0 Å². The van der Waals surface area contributed by atoms with Crippen molar-refractivity contribution in [1.29, 1.82) is 0 Å². The highest BCUT2D eigenvalue weighted by molar-refractivity contribution is 6.16. The van der Waals surface area contributed by atoms with E-state index >= 15 is 0 Å². The molecule has 4 rings (SSSR count). The Morgan fingerprint density at radius 1 is 0.917 bits per heavy atom. The molecule has 3 aromatic carbocycles. The number of benzene rings is 3. The smallest absolute Gasteiger partial charge is 0.342 e. The van der Waals surface area contributed by atoms with E-state index in [2.05, 4.69) is 5.32 Å². The monoisotopic (exact) mass is 488 g/mol. The molecule has 36 heavy (non-hydrogen) atoms. The molecule has 0 unspecified atom stereocenters. The molecule has 1 aliphatic heterocycles. The van der Waals surface area contributed by atoms with Crippen molar-refractivity contribution in [2.75, 3.05) is 13.2 Å². The Bertz CT molecular complexity index is 1360. The number of nitrogens with one attached hydrogen (secondary N) is 1. The lowest BCUT2D eigenvalue weighted by Gasteiger charge is -2.26. The average molecular weight is 488 g/mol. The summed E-state index contributed by atoms with van der Waals surface area (Å²) in [5.41, 5.74) is -1.25. The number of hydrogen-bond acceptors (Lipinski definition) is 8. The molecule has 9 nitrogen and oxygen atoms in total. The first-order chi connectivity index (χ1) is 17.3. The van der Waals surface area contributed by atoms with Gasteiger partial charge < -0.3 is 9.47 Å². The zero-order chi connectivity index (χ0) is 25.9. The normalized spacial score (nSPS) is 16.3. The van der Waals surface area contributed by atoms with E-state index in [1.807, 2.05) is 30.3 Å². The van der Waals surface area contributed by atoms with Crippen LogP contribution in [0.2, 0.25) is 0 Å². The van der Waals surface area contributed by atoms with Crippen molar-refractivity contribution in [3.8, 4) is 0 Å². The van der Waals surface area contributed by atoms with Crippen LogP contribution in [0.15, 0.2) is 78.4 Å². The van der Waals surface area contributed by atoms with Crippen LogP contribution in [0.4, 0.5) is 5.69 Å². The van der Waals surface area contributed by atoms with Gasteiger partial charge in [-0.2, -0.15) is 0 Å². The summed E-state index contributed by atoms with van der Waals surface area (Å²) in [6, 6.07) is 17.4. The number of nitro benzene ring substituents is 1. The van der Waals surface area contributed by atoms with Crippen molar-refractivity contribution in [2.24, 2.45) is 0 Å². The minimum Gasteiger partial charge on any atom is -0.464 e. The molecule has 184 valence electrons. The number of non-ortho nitro benzene ring substituents is 1. The largest absolute Gasteiger partial charge is 0.464 e. The predicted molar refractivity (Wildman–Crippen MR) is 131 cm³/mol. The second kappa shape index (κ2) is 10.1. The van der Waals surface area contributed by atoms with E-state index in [1.165, 1.54) is 30.3 Å². The van der Waals surface area contributed by atoms with Gasteiger partial charge in [-0.1, -0.05) is 48.5 Å². The van der Waals surface area contributed by atoms with Crippen molar-refractivity contribution < 1.29 is 28.8 Å². The van der Waals surface area contributed by atoms with Gasteiger partial charge in [0.05, 0.1) is 24.2 Å². The predicted octanol–water partition coefficient (Wildman–Crippen LogP) is 4.07. The lowest BCUT2D eigenvalue weighted by Crippen LogP contribution is -2.56. The number of carbonyl (C=O) groups excluding carboxylic acids is 3. The minimum absolute atomic E-state index is 0.00562. The first-order valence-electron chi connectivity index (χ1n) is 11.4. The van der Waals surface area contributed by atoms with E-state index in [9.17, 15) is 24.5 Å². The number of ether oxygens (including phenoxy) is 2. The third-order valence-electron chi connectivity index (χ3n) is 5.96. The topological polar surface area (TPSA) is 125 Å². The van der Waals surface area contributed by atoms with Gasteiger partial charge in [0.1, 0.15) is 0 Å². The first kappa shape index (κ1) is 24.7. The van der Waals surface area contributed by atoms with Gasteiger partial charge in [-0.05, 0) is 42.3 Å². The zero-order valence-corrected chi connectivity index (χ0v) is 19.7. The van der Waals surface area contributed by atoms with Crippen LogP contribution in [-0.4, -0.2) is 41.4 Å². The average Bonchev–Trinajstić information content (AvgIpc) is 3.30. The van der Waals surface area contributed by atoms with Gasteiger partial charge in [0.2, 0.25) is 5.54 Å². The molecule has 0 radical (unpaired) electrons. The number of rotatable bonds is 8. The zero-order valence-electron chi connectivity index (χ0n) is 19.7. The maximum Gasteiger partial charge on any atom is 0.342 e. The summed E-state index contributed by atoms with van der Waals surface area (Å²) in [6.45, 7) is 3.21. The number of esters is 2. The van der Waals surface area contributed by atoms with Gasteiger partial charge in [-0.3, -0.25) is 20.2 Å². The SMILES string of the molecule is CCOC(=O)C1(C(=O)OCC)C=C(C(=O)c2ccc3ccccc3c2)[C@@H](c2ccc([N+](=O)[O-])cc2)N1. The standard InChI is InChI=1S/C27H24N2O7/c1-3-35-25(31)27(26(32)36-4-2)16-22(23(28-27)18-11-13-21(14-12-18)29(33)34)24(30)20-10-9-17-7-5-6-8-19(17)15-20/h5-16,23,28H,3-4H2,1-2H3/t23-/m1/s1. The maximum absolute atomic E-state index is 13.8. The van der Waals surface area contributed by atoms with Crippen LogP contribution in [-0.2, 0) is 19.1 Å². The number of ketones is 1. The molecule has 3 aromatic rings. The molecule has 0 fully saturated rings. The third kappa shape index (κ3) is 4.48. The third-order valence-corrected chi connectivity index (χ3v) is 5.96. The highest BCUT2D eigenvalue weighted by Crippen LogP contribution is 2.37. The van der Waals surface area contributed by atoms with Crippen molar-refractivity contribution in [2.45, 2.75) is 25.4 Å². The lowest BCUT2D eigenvalue weighted by atomic mass is 9.92. The number of fused-ring (bicyclic) bond motifs is 1. The van der Waals surface area contributed by atoms with Gasteiger partial charge in [-0.25, -0.2) is 9.59 Å². The fourth-order valence-electron chi connectivity index (χ4n) is 4.22. The van der Waals surface area contributed by atoms with Gasteiger partial charge in [0.25, 0.3) is 5.69 Å². The van der Waals surface area contributed by atoms with Crippen LogP contribution in [0, 0.1) is 10.1 Å². The summed E-state index contributed by atoms with van der Waals surface area (Å²) in [5, 5.41) is 15.9. The number of hydrogen-bond donors (Lipinski definition) is 1. The van der Waals surface area contributed by atoms with Crippen LogP contribution in [0.1, 0.15) is 35.8 Å².